The first-order valence-corrected chi connectivity index (χ1v) is 10.3. The van der Waals surface area contributed by atoms with Crippen LogP contribution in [0.5, 0.6) is 0 Å². The number of aryl methyl sites for hydroxylation is 1. The van der Waals surface area contributed by atoms with Crippen molar-refractivity contribution in [2.45, 2.75) is 57.8 Å². The summed E-state index contributed by atoms with van der Waals surface area (Å²) in [6, 6.07) is 1.93. The summed E-state index contributed by atoms with van der Waals surface area (Å²) in [5.74, 6) is 1.16. The van der Waals surface area contributed by atoms with Gasteiger partial charge in [0.1, 0.15) is 12.4 Å². The third-order valence-corrected chi connectivity index (χ3v) is 6.38. The molecular formula is C20H24F3N5O3. The minimum atomic E-state index is -4.40. The van der Waals surface area contributed by atoms with Gasteiger partial charge >= 0.3 is 12.3 Å². The molecule has 2 aromatic heterocycles. The zero-order chi connectivity index (χ0) is 22.2. The fourth-order valence-electron chi connectivity index (χ4n) is 4.54. The molecule has 1 aliphatic carbocycles. The van der Waals surface area contributed by atoms with E-state index in [1.807, 2.05) is 11.8 Å². The fourth-order valence-corrected chi connectivity index (χ4v) is 4.54. The zero-order valence-corrected chi connectivity index (χ0v) is 17.1. The highest BCUT2D eigenvalue weighted by molar-refractivity contribution is 5.65. The number of hydrogen-bond acceptors (Lipinski definition) is 6. The second-order valence-electron chi connectivity index (χ2n) is 8.32. The molecule has 0 aromatic carbocycles. The Hall–Kier alpha value is -2.85. The third-order valence-electron chi connectivity index (χ3n) is 6.38. The van der Waals surface area contributed by atoms with E-state index in [1.165, 1.54) is 11.1 Å². The quantitative estimate of drug-likeness (QED) is 0.753. The first-order chi connectivity index (χ1) is 14.7. The highest BCUT2D eigenvalue weighted by Gasteiger charge is 2.49. The van der Waals surface area contributed by atoms with E-state index in [0.29, 0.717) is 31.2 Å². The van der Waals surface area contributed by atoms with Crippen LogP contribution in [0.1, 0.15) is 49.9 Å². The van der Waals surface area contributed by atoms with E-state index in [-0.39, 0.29) is 23.9 Å². The molecule has 4 rings (SSSR count). The second-order valence-corrected chi connectivity index (χ2v) is 8.32. The highest BCUT2D eigenvalue weighted by Crippen LogP contribution is 2.51. The van der Waals surface area contributed by atoms with Crippen molar-refractivity contribution in [2.75, 3.05) is 18.0 Å². The summed E-state index contributed by atoms with van der Waals surface area (Å²) in [5, 5.41) is 13.4. The Morgan fingerprint density at radius 2 is 2.06 bits per heavy atom. The van der Waals surface area contributed by atoms with Crippen LogP contribution in [-0.4, -0.2) is 50.4 Å². The van der Waals surface area contributed by atoms with Crippen LogP contribution in [0.3, 0.4) is 0 Å². The normalized spacial score (nSPS) is 18.8. The van der Waals surface area contributed by atoms with Crippen molar-refractivity contribution >= 4 is 11.9 Å². The minimum absolute atomic E-state index is 0.0138. The van der Waals surface area contributed by atoms with Gasteiger partial charge in [-0.3, -0.25) is 4.90 Å². The zero-order valence-electron chi connectivity index (χ0n) is 17.1. The summed E-state index contributed by atoms with van der Waals surface area (Å²) in [4.78, 5) is 23.3. The Morgan fingerprint density at radius 3 is 2.65 bits per heavy atom. The molecule has 1 saturated carbocycles. The number of rotatable bonds is 5. The Bertz CT molecular complexity index is 932. The summed E-state index contributed by atoms with van der Waals surface area (Å²) in [6.45, 7) is 3.14. The Labute approximate surface area is 177 Å². The molecule has 0 atom stereocenters. The van der Waals surface area contributed by atoms with Gasteiger partial charge in [0.2, 0.25) is 5.89 Å². The number of piperidine rings is 1. The van der Waals surface area contributed by atoms with Crippen molar-refractivity contribution < 1.29 is 27.6 Å². The van der Waals surface area contributed by atoms with E-state index in [1.54, 1.807) is 0 Å². The van der Waals surface area contributed by atoms with Crippen molar-refractivity contribution in [3.63, 3.8) is 0 Å². The van der Waals surface area contributed by atoms with Crippen molar-refractivity contribution in [3.05, 3.63) is 35.6 Å². The number of hydrogen-bond donors (Lipinski definition) is 1. The Morgan fingerprint density at radius 1 is 1.35 bits per heavy atom. The van der Waals surface area contributed by atoms with E-state index in [0.717, 1.165) is 37.8 Å². The van der Waals surface area contributed by atoms with E-state index < -0.39 is 17.8 Å². The average molecular weight is 439 g/mol. The molecule has 11 heteroatoms. The van der Waals surface area contributed by atoms with Crippen LogP contribution in [-0.2, 0) is 19.1 Å². The number of nitrogens with zero attached hydrogens (tertiary/aromatic N) is 5. The number of halogens is 3. The van der Waals surface area contributed by atoms with Gasteiger partial charge in [0.15, 0.2) is 5.82 Å². The molecule has 1 aliphatic heterocycles. The summed E-state index contributed by atoms with van der Waals surface area (Å²) < 4.78 is 44.0. The maximum Gasteiger partial charge on any atom is 0.416 e. The molecule has 1 N–H and O–H groups in total. The van der Waals surface area contributed by atoms with E-state index in [2.05, 4.69) is 15.1 Å². The second kappa shape index (κ2) is 8.01. The molecule has 2 aliphatic rings. The van der Waals surface area contributed by atoms with Crippen molar-refractivity contribution in [1.82, 2.24) is 20.0 Å². The van der Waals surface area contributed by atoms with Crippen molar-refractivity contribution in [3.8, 4) is 0 Å². The van der Waals surface area contributed by atoms with Gasteiger partial charge in [0.25, 0.3) is 0 Å². The summed E-state index contributed by atoms with van der Waals surface area (Å²) in [7, 11) is 0. The third kappa shape index (κ3) is 4.45. The van der Waals surface area contributed by atoms with Gasteiger partial charge in [-0.15, -0.1) is 0 Å². The average Bonchev–Trinajstić information content (AvgIpc) is 3.18. The Kier molecular flexibility index (Phi) is 5.52. The topological polar surface area (TPSA) is 95.6 Å². The summed E-state index contributed by atoms with van der Waals surface area (Å²) >= 11 is 0. The van der Waals surface area contributed by atoms with E-state index >= 15 is 0 Å². The number of carbonyl (C=O) groups is 1. The predicted octanol–water partition coefficient (Wildman–Crippen LogP) is 3.98. The SMILES string of the molecule is CCc1noc(CN(C(=O)O)C2CC3(CCN(c4cc(C(F)(F)F)ccn4)CC3)C2)n1. The number of pyridine rings is 1. The molecule has 8 nitrogen and oxygen atoms in total. The molecule has 1 spiro atoms. The number of alkyl halides is 3. The smallest absolute Gasteiger partial charge is 0.416 e. The predicted molar refractivity (Wildman–Crippen MR) is 103 cm³/mol. The van der Waals surface area contributed by atoms with E-state index in [4.69, 9.17) is 4.52 Å². The lowest BCUT2D eigenvalue weighted by molar-refractivity contribution is -0.137. The van der Waals surface area contributed by atoms with Gasteiger partial charge in [0.05, 0.1) is 5.56 Å². The standard InChI is InChI=1S/C20H24F3N5O3/c1-2-15-25-17(31-26-15)12-28(18(29)30)14-10-19(11-14)4-7-27(8-5-19)16-9-13(3-6-24-16)20(21,22)23/h3,6,9,14H,2,4-5,7-8,10-12H2,1H3,(H,29,30). The van der Waals surface area contributed by atoms with E-state index in [9.17, 15) is 23.1 Å². The maximum absolute atomic E-state index is 13.0. The van der Waals surface area contributed by atoms with Crippen molar-refractivity contribution in [2.24, 2.45) is 5.41 Å². The maximum atomic E-state index is 13.0. The lowest BCUT2D eigenvalue weighted by Crippen LogP contribution is -2.56. The molecule has 0 radical (unpaired) electrons. The number of anilines is 1. The van der Waals surface area contributed by atoms with Crippen LogP contribution in [0.4, 0.5) is 23.8 Å². The largest absolute Gasteiger partial charge is 0.465 e. The lowest BCUT2D eigenvalue weighted by atomic mass is 9.60. The number of amides is 1. The summed E-state index contributed by atoms with van der Waals surface area (Å²) in [5.41, 5.74) is -0.689. The van der Waals surface area contributed by atoms with Gasteiger partial charge < -0.3 is 14.5 Å². The molecule has 2 fully saturated rings. The molecule has 31 heavy (non-hydrogen) atoms. The van der Waals surface area contributed by atoms with Gasteiger partial charge in [-0.1, -0.05) is 12.1 Å². The van der Waals surface area contributed by atoms with Crippen LogP contribution in [0.15, 0.2) is 22.9 Å². The fraction of sp³-hybridized carbons (Fsp3) is 0.600. The molecular weight excluding hydrogens is 415 g/mol. The first-order valence-electron chi connectivity index (χ1n) is 10.3. The van der Waals surface area contributed by atoms with Crippen LogP contribution < -0.4 is 4.90 Å². The minimum Gasteiger partial charge on any atom is -0.465 e. The van der Waals surface area contributed by atoms with Gasteiger partial charge in [-0.05, 0) is 43.2 Å². The highest BCUT2D eigenvalue weighted by atomic mass is 19.4. The number of aromatic nitrogens is 3. The molecule has 1 saturated heterocycles. The molecule has 3 heterocycles. The molecule has 2 aromatic rings. The number of carboxylic acid groups (broad SMARTS) is 1. The van der Waals surface area contributed by atoms with Crippen LogP contribution in [0.2, 0.25) is 0 Å². The monoisotopic (exact) mass is 439 g/mol. The van der Waals surface area contributed by atoms with Crippen LogP contribution >= 0.6 is 0 Å². The first kappa shape index (κ1) is 21.4. The molecule has 1 amide bonds. The van der Waals surface area contributed by atoms with Crippen LogP contribution in [0.25, 0.3) is 0 Å². The van der Waals surface area contributed by atoms with Gasteiger partial charge in [-0.25, -0.2) is 9.78 Å². The molecule has 0 unspecified atom stereocenters. The summed E-state index contributed by atoms with van der Waals surface area (Å²) in [6.07, 6.45) is -0.608. The van der Waals surface area contributed by atoms with Crippen LogP contribution in [0, 0.1) is 5.41 Å². The Balaban J connectivity index is 1.35. The molecule has 0 bridgehead atoms. The van der Waals surface area contributed by atoms with Gasteiger partial charge in [0, 0.05) is 31.7 Å². The lowest BCUT2D eigenvalue weighted by Gasteiger charge is -2.54. The van der Waals surface area contributed by atoms with Crippen molar-refractivity contribution in [1.29, 1.82) is 0 Å². The van der Waals surface area contributed by atoms with Gasteiger partial charge in [-0.2, -0.15) is 18.2 Å². The molecule has 168 valence electrons.